The van der Waals surface area contributed by atoms with Crippen LogP contribution in [0, 0.1) is 5.82 Å². The lowest BCUT2D eigenvalue weighted by atomic mass is 10.0. The van der Waals surface area contributed by atoms with Crippen LogP contribution in [0.5, 0.6) is 0 Å². The van der Waals surface area contributed by atoms with Crippen LogP contribution in [0.2, 0.25) is 0 Å². The third kappa shape index (κ3) is 2.73. The molecule has 1 N–H and O–H groups in total. The number of halogens is 1. The molecule has 4 aromatic rings. The zero-order chi connectivity index (χ0) is 18.1. The minimum absolute atomic E-state index is 0.163. The maximum atomic E-state index is 13.3. The Bertz CT molecular complexity index is 1140. The molecule has 0 radical (unpaired) electrons. The van der Waals surface area contributed by atoms with Crippen LogP contribution < -0.4 is 10.9 Å². The summed E-state index contributed by atoms with van der Waals surface area (Å²) in [5.74, 6) is 0.342. The van der Waals surface area contributed by atoms with E-state index >= 15 is 0 Å². The Morgan fingerprint density at radius 1 is 1.00 bits per heavy atom. The highest BCUT2D eigenvalue weighted by Crippen LogP contribution is 2.24. The molecule has 0 aliphatic carbocycles. The number of fused-ring (bicyclic) bond motifs is 1. The minimum atomic E-state index is -0.335. The summed E-state index contributed by atoms with van der Waals surface area (Å²) in [6.45, 7) is 0. The first-order chi connectivity index (χ1) is 12.7. The average molecular weight is 345 g/mol. The fourth-order valence-corrected chi connectivity index (χ4v) is 3.01. The van der Waals surface area contributed by atoms with Crippen molar-refractivity contribution in [1.29, 1.82) is 0 Å². The van der Waals surface area contributed by atoms with Gasteiger partial charge in [-0.05, 0) is 35.9 Å². The lowest BCUT2D eigenvalue weighted by Crippen LogP contribution is -2.20. The van der Waals surface area contributed by atoms with E-state index < -0.39 is 0 Å². The van der Waals surface area contributed by atoms with Gasteiger partial charge in [0.2, 0.25) is 0 Å². The normalized spacial score (nSPS) is 10.8. The van der Waals surface area contributed by atoms with Crippen molar-refractivity contribution in [3.05, 3.63) is 89.1 Å². The predicted octanol–water partition coefficient (Wildman–Crippen LogP) is 4.23. The Kier molecular flexibility index (Phi) is 3.97. The van der Waals surface area contributed by atoms with Crippen LogP contribution in [0.4, 0.5) is 10.2 Å². The molecule has 128 valence electrons. The van der Waals surface area contributed by atoms with Crippen molar-refractivity contribution < 1.29 is 4.39 Å². The van der Waals surface area contributed by atoms with E-state index in [0.717, 1.165) is 16.6 Å². The van der Waals surface area contributed by atoms with E-state index in [1.54, 1.807) is 36.0 Å². The quantitative estimate of drug-likeness (QED) is 0.604. The predicted molar refractivity (Wildman–Crippen MR) is 102 cm³/mol. The molecule has 0 unspecified atom stereocenters. The zero-order valence-electron chi connectivity index (χ0n) is 14.1. The standard InChI is InChI=1S/C21H16FN3O/c1-23-20-12-19-15(13-24-20)11-18(14-7-9-16(22)10-8-14)21(26)25(19)17-5-3-2-4-6-17/h2-13H,1H3,(H,23,24). The summed E-state index contributed by atoms with van der Waals surface area (Å²) in [7, 11) is 1.78. The molecule has 0 aliphatic heterocycles. The monoisotopic (exact) mass is 345 g/mol. The summed E-state index contributed by atoms with van der Waals surface area (Å²) in [5.41, 5.74) is 2.52. The maximum absolute atomic E-state index is 13.3. The molecule has 4 nitrogen and oxygen atoms in total. The third-order valence-corrected chi connectivity index (χ3v) is 4.31. The van der Waals surface area contributed by atoms with E-state index in [1.165, 1.54) is 12.1 Å². The van der Waals surface area contributed by atoms with Crippen LogP contribution in [-0.2, 0) is 0 Å². The molecule has 0 saturated carbocycles. The molecule has 0 aliphatic rings. The van der Waals surface area contributed by atoms with Gasteiger partial charge in [-0.25, -0.2) is 9.37 Å². The Hall–Kier alpha value is -3.47. The van der Waals surface area contributed by atoms with Crippen molar-refractivity contribution in [3.63, 3.8) is 0 Å². The molecule has 0 bridgehead atoms. The first kappa shape index (κ1) is 16.0. The van der Waals surface area contributed by atoms with Gasteiger partial charge in [-0.15, -0.1) is 0 Å². The van der Waals surface area contributed by atoms with Crippen LogP contribution in [0.15, 0.2) is 77.7 Å². The summed E-state index contributed by atoms with van der Waals surface area (Å²) in [6, 6.07) is 19.0. The number of aromatic nitrogens is 2. The Balaban J connectivity index is 2.09. The van der Waals surface area contributed by atoms with Crippen LogP contribution in [-0.4, -0.2) is 16.6 Å². The van der Waals surface area contributed by atoms with Crippen molar-refractivity contribution in [2.45, 2.75) is 0 Å². The lowest BCUT2D eigenvalue weighted by molar-refractivity contribution is 0.628. The molecular weight excluding hydrogens is 329 g/mol. The number of nitrogens with zero attached hydrogens (tertiary/aromatic N) is 2. The van der Waals surface area contributed by atoms with Gasteiger partial charge in [0.15, 0.2) is 0 Å². The minimum Gasteiger partial charge on any atom is -0.373 e. The second-order valence-corrected chi connectivity index (χ2v) is 5.92. The number of pyridine rings is 2. The Morgan fingerprint density at radius 2 is 1.73 bits per heavy atom. The van der Waals surface area contributed by atoms with Crippen LogP contribution >= 0.6 is 0 Å². The van der Waals surface area contributed by atoms with Gasteiger partial charge in [-0.2, -0.15) is 0 Å². The Labute approximate surface area is 149 Å². The van der Waals surface area contributed by atoms with E-state index in [2.05, 4.69) is 10.3 Å². The molecule has 2 aromatic heterocycles. The van der Waals surface area contributed by atoms with Gasteiger partial charge in [0.05, 0.1) is 5.52 Å². The van der Waals surface area contributed by atoms with Crippen molar-refractivity contribution in [2.75, 3.05) is 12.4 Å². The molecule has 2 heterocycles. The van der Waals surface area contributed by atoms with Crippen molar-refractivity contribution in [2.24, 2.45) is 0 Å². The molecule has 2 aromatic carbocycles. The largest absolute Gasteiger partial charge is 0.373 e. The summed E-state index contributed by atoms with van der Waals surface area (Å²) in [4.78, 5) is 17.6. The highest BCUT2D eigenvalue weighted by Gasteiger charge is 2.13. The van der Waals surface area contributed by atoms with Crippen molar-refractivity contribution >= 4 is 16.7 Å². The molecule has 0 fully saturated rings. The molecule has 0 amide bonds. The topological polar surface area (TPSA) is 46.9 Å². The summed E-state index contributed by atoms with van der Waals surface area (Å²) in [5, 5.41) is 3.83. The average Bonchev–Trinajstić information content (AvgIpc) is 2.68. The highest BCUT2D eigenvalue weighted by atomic mass is 19.1. The number of benzene rings is 2. The van der Waals surface area contributed by atoms with Crippen molar-refractivity contribution in [1.82, 2.24) is 9.55 Å². The molecule has 26 heavy (non-hydrogen) atoms. The SMILES string of the molecule is CNc1cc2c(cn1)cc(-c1ccc(F)cc1)c(=O)n2-c1ccccc1. The van der Waals surface area contributed by atoms with Gasteiger partial charge in [0.25, 0.3) is 5.56 Å². The van der Waals surface area contributed by atoms with Gasteiger partial charge in [-0.1, -0.05) is 30.3 Å². The second kappa shape index (κ2) is 6.44. The smallest absolute Gasteiger partial charge is 0.263 e. The number of hydrogen-bond donors (Lipinski definition) is 1. The van der Waals surface area contributed by atoms with Gasteiger partial charge in [-0.3, -0.25) is 9.36 Å². The van der Waals surface area contributed by atoms with E-state index in [-0.39, 0.29) is 11.4 Å². The molecule has 4 rings (SSSR count). The molecule has 0 atom stereocenters. The third-order valence-electron chi connectivity index (χ3n) is 4.31. The number of hydrogen-bond acceptors (Lipinski definition) is 3. The first-order valence-corrected chi connectivity index (χ1v) is 8.22. The van der Waals surface area contributed by atoms with Gasteiger partial charge < -0.3 is 5.32 Å². The molecular formula is C21H16FN3O. The molecule has 0 spiro atoms. The second-order valence-electron chi connectivity index (χ2n) is 5.92. The van der Waals surface area contributed by atoms with E-state index in [1.807, 2.05) is 36.4 Å². The number of rotatable bonds is 3. The zero-order valence-corrected chi connectivity index (χ0v) is 14.1. The Morgan fingerprint density at radius 3 is 2.42 bits per heavy atom. The van der Waals surface area contributed by atoms with Crippen LogP contribution in [0.3, 0.4) is 0 Å². The maximum Gasteiger partial charge on any atom is 0.263 e. The van der Waals surface area contributed by atoms with E-state index in [9.17, 15) is 9.18 Å². The molecule has 0 saturated heterocycles. The summed E-state index contributed by atoms with van der Waals surface area (Å²) >= 11 is 0. The highest BCUT2D eigenvalue weighted by molar-refractivity contribution is 5.86. The van der Waals surface area contributed by atoms with Crippen molar-refractivity contribution in [3.8, 4) is 16.8 Å². The van der Waals surface area contributed by atoms with Crippen LogP contribution in [0.1, 0.15) is 0 Å². The fourth-order valence-electron chi connectivity index (χ4n) is 3.01. The number of nitrogens with one attached hydrogen (secondary N) is 1. The van der Waals surface area contributed by atoms with E-state index in [4.69, 9.17) is 0 Å². The van der Waals surface area contributed by atoms with Gasteiger partial charge >= 0.3 is 0 Å². The first-order valence-electron chi connectivity index (χ1n) is 8.22. The summed E-state index contributed by atoms with van der Waals surface area (Å²) < 4.78 is 14.9. The lowest BCUT2D eigenvalue weighted by Gasteiger charge is -2.14. The van der Waals surface area contributed by atoms with E-state index in [0.29, 0.717) is 16.9 Å². The van der Waals surface area contributed by atoms with Gasteiger partial charge in [0, 0.05) is 35.9 Å². The summed E-state index contributed by atoms with van der Waals surface area (Å²) in [6.07, 6.45) is 1.73. The van der Waals surface area contributed by atoms with Gasteiger partial charge in [0.1, 0.15) is 11.6 Å². The number of anilines is 1. The molecule has 5 heteroatoms. The van der Waals surface area contributed by atoms with Crippen LogP contribution in [0.25, 0.3) is 27.7 Å². The number of para-hydroxylation sites is 1. The fraction of sp³-hybridized carbons (Fsp3) is 0.0476.